The second-order valence-electron chi connectivity index (χ2n) is 5.74. The van der Waals surface area contributed by atoms with Gasteiger partial charge in [-0.2, -0.15) is 8.42 Å². The average Bonchev–Trinajstić information content (AvgIpc) is 2.52. The molecule has 2 rings (SSSR count). The van der Waals surface area contributed by atoms with Gasteiger partial charge >= 0.3 is 5.97 Å². The van der Waals surface area contributed by atoms with Gasteiger partial charge in [0.15, 0.2) is 0 Å². The number of esters is 1. The second kappa shape index (κ2) is 7.31. The Morgan fingerprint density at radius 1 is 1.22 bits per heavy atom. The molecule has 1 aliphatic rings. The summed E-state index contributed by atoms with van der Waals surface area (Å²) in [5, 5.41) is 0. The fourth-order valence-corrected chi connectivity index (χ4v) is 3.70. The van der Waals surface area contributed by atoms with Crippen LogP contribution in [0.4, 0.5) is 0 Å². The normalized spacial score (nSPS) is 21.7. The fraction of sp³-hybridized carbons (Fsp3) is 0.562. The summed E-state index contributed by atoms with van der Waals surface area (Å²) in [5.41, 5.74) is 1.34. The molecule has 0 radical (unpaired) electrons. The fourth-order valence-electron chi connectivity index (χ4n) is 3.03. The van der Waals surface area contributed by atoms with Gasteiger partial charge in [0.1, 0.15) is 11.3 Å². The minimum atomic E-state index is -3.46. The highest BCUT2D eigenvalue weighted by Crippen LogP contribution is 2.36. The number of carbonyl (C=O) groups excluding carboxylic acids is 1. The molecule has 23 heavy (non-hydrogen) atoms. The zero-order valence-electron chi connectivity index (χ0n) is 13.6. The molecule has 0 spiro atoms. The summed E-state index contributed by atoms with van der Waals surface area (Å²) < 4.78 is 37.7. The van der Waals surface area contributed by atoms with Crippen LogP contribution in [0.2, 0.25) is 0 Å². The van der Waals surface area contributed by atoms with Crippen LogP contribution >= 0.6 is 0 Å². The Balaban J connectivity index is 2.22. The van der Waals surface area contributed by atoms with Crippen LogP contribution in [0.3, 0.4) is 0 Å². The van der Waals surface area contributed by atoms with Gasteiger partial charge in [-0.25, -0.2) is 4.79 Å². The molecule has 2 atom stereocenters. The first kappa shape index (κ1) is 17.7. The molecule has 0 heterocycles. The highest BCUT2D eigenvalue weighted by molar-refractivity contribution is 7.86. The first-order valence-corrected chi connectivity index (χ1v) is 9.30. The average molecular weight is 342 g/mol. The van der Waals surface area contributed by atoms with Gasteiger partial charge in [-0.3, -0.25) is 4.18 Å². The van der Waals surface area contributed by atoms with Gasteiger partial charge < -0.3 is 9.47 Å². The number of ether oxygens (including phenoxy) is 2. The lowest BCUT2D eigenvalue weighted by molar-refractivity contribution is 0.0597. The van der Waals surface area contributed by atoms with Crippen molar-refractivity contribution in [2.75, 3.05) is 20.5 Å². The van der Waals surface area contributed by atoms with E-state index in [1.165, 1.54) is 14.2 Å². The van der Waals surface area contributed by atoms with E-state index in [1.807, 2.05) is 6.07 Å². The predicted molar refractivity (Wildman–Crippen MR) is 85.3 cm³/mol. The molecule has 0 saturated heterocycles. The van der Waals surface area contributed by atoms with Gasteiger partial charge in [-0.1, -0.05) is 12.5 Å². The topological polar surface area (TPSA) is 78.9 Å². The van der Waals surface area contributed by atoms with E-state index < -0.39 is 16.1 Å². The molecule has 2 unspecified atom stereocenters. The predicted octanol–water partition coefficient (Wildman–Crippen LogP) is 2.48. The molecule has 1 fully saturated rings. The van der Waals surface area contributed by atoms with Crippen LogP contribution in [0.25, 0.3) is 0 Å². The quantitative estimate of drug-likeness (QED) is 0.604. The van der Waals surface area contributed by atoms with E-state index in [4.69, 9.17) is 13.7 Å². The van der Waals surface area contributed by atoms with Gasteiger partial charge in [0.05, 0.1) is 26.6 Å². The number of hydrogen-bond donors (Lipinski definition) is 0. The van der Waals surface area contributed by atoms with Gasteiger partial charge in [-0.05, 0) is 42.9 Å². The van der Waals surface area contributed by atoms with Crippen molar-refractivity contribution < 1.29 is 26.9 Å². The first-order chi connectivity index (χ1) is 10.8. The highest BCUT2D eigenvalue weighted by Gasteiger charge is 2.27. The maximum atomic E-state index is 11.9. The molecule has 1 aliphatic carbocycles. The minimum Gasteiger partial charge on any atom is -0.496 e. The van der Waals surface area contributed by atoms with Crippen LogP contribution in [0.5, 0.6) is 5.75 Å². The van der Waals surface area contributed by atoms with Crippen LogP contribution in [0.15, 0.2) is 18.2 Å². The van der Waals surface area contributed by atoms with Gasteiger partial charge in [0.2, 0.25) is 0 Å². The summed E-state index contributed by atoms with van der Waals surface area (Å²) in [6, 6.07) is 5.40. The van der Waals surface area contributed by atoms with Crippen LogP contribution < -0.4 is 4.74 Å². The molecule has 0 N–H and O–H groups in total. The molecule has 0 aliphatic heterocycles. The Morgan fingerprint density at radius 3 is 2.57 bits per heavy atom. The van der Waals surface area contributed by atoms with E-state index in [0.29, 0.717) is 17.7 Å². The number of benzene rings is 1. The Bertz CT molecular complexity index is 667. The van der Waals surface area contributed by atoms with E-state index >= 15 is 0 Å². The molecular formula is C16H22O6S. The first-order valence-electron chi connectivity index (χ1n) is 7.48. The maximum Gasteiger partial charge on any atom is 0.341 e. The van der Waals surface area contributed by atoms with E-state index in [-0.39, 0.29) is 12.0 Å². The molecule has 0 aromatic heterocycles. The van der Waals surface area contributed by atoms with E-state index in [2.05, 4.69) is 0 Å². The number of rotatable bonds is 5. The zero-order chi connectivity index (χ0) is 17.0. The number of hydrogen-bond acceptors (Lipinski definition) is 6. The molecule has 7 heteroatoms. The lowest BCUT2D eigenvalue weighted by atomic mass is 9.82. The van der Waals surface area contributed by atoms with Gasteiger partial charge in [0.25, 0.3) is 10.1 Å². The van der Waals surface area contributed by atoms with Gasteiger partial charge in [-0.15, -0.1) is 0 Å². The van der Waals surface area contributed by atoms with Crippen molar-refractivity contribution in [3.05, 3.63) is 29.3 Å². The smallest absolute Gasteiger partial charge is 0.341 e. The van der Waals surface area contributed by atoms with E-state index in [0.717, 1.165) is 31.1 Å². The third-order valence-electron chi connectivity index (χ3n) is 4.04. The maximum absolute atomic E-state index is 11.9. The summed E-state index contributed by atoms with van der Waals surface area (Å²) in [6.07, 6.45) is 3.90. The van der Waals surface area contributed by atoms with Crippen molar-refractivity contribution in [2.45, 2.75) is 37.7 Å². The van der Waals surface area contributed by atoms with Crippen LogP contribution in [-0.4, -0.2) is 41.0 Å². The molecule has 0 bridgehead atoms. The summed E-state index contributed by atoms with van der Waals surface area (Å²) in [7, 11) is -0.637. The summed E-state index contributed by atoms with van der Waals surface area (Å²) in [6.45, 7) is 0. The summed E-state index contributed by atoms with van der Waals surface area (Å²) in [4.78, 5) is 11.9. The third kappa shape index (κ3) is 4.68. The van der Waals surface area contributed by atoms with Gasteiger partial charge in [0, 0.05) is 0 Å². The number of methoxy groups -OCH3 is 2. The van der Waals surface area contributed by atoms with Crippen molar-refractivity contribution in [3.8, 4) is 5.75 Å². The monoisotopic (exact) mass is 342 g/mol. The van der Waals surface area contributed by atoms with Crippen molar-refractivity contribution in [1.29, 1.82) is 0 Å². The highest BCUT2D eigenvalue weighted by atomic mass is 32.2. The molecule has 1 aromatic carbocycles. The van der Waals surface area contributed by atoms with E-state index in [9.17, 15) is 13.2 Å². The van der Waals surface area contributed by atoms with Crippen LogP contribution in [0, 0.1) is 0 Å². The lowest BCUT2D eigenvalue weighted by Crippen LogP contribution is -2.24. The summed E-state index contributed by atoms with van der Waals surface area (Å²) in [5.74, 6) is 0.147. The SMILES string of the molecule is COC(=O)c1cc(C2CCCC(OS(C)(=O)=O)C2)ccc1OC. The molecule has 6 nitrogen and oxygen atoms in total. The molecule has 0 amide bonds. The van der Waals surface area contributed by atoms with Crippen molar-refractivity contribution in [1.82, 2.24) is 0 Å². The Labute approximate surface area is 136 Å². The molecule has 1 saturated carbocycles. The van der Waals surface area contributed by atoms with Crippen molar-refractivity contribution in [2.24, 2.45) is 0 Å². The Morgan fingerprint density at radius 2 is 1.96 bits per heavy atom. The Kier molecular flexibility index (Phi) is 5.64. The van der Waals surface area contributed by atoms with E-state index in [1.54, 1.807) is 12.1 Å². The van der Waals surface area contributed by atoms with Crippen LogP contribution in [-0.2, 0) is 19.0 Å². The van der Waals surface area contributed by atoms with Crippen molar-refractivity contribution in [3.63, 3.8) is 0 Å². The Hall–Kier alpha value is -1.60. The minimum absolute atomic E-state index is 0.143. The zero-order valence-corrected chi connectivity index (χ0v) is 14.4. The second-order valence-corrected chi connectivity index (χ2v) is 7.34. The lowest BCUT2D eigenvalue weighted by Gasteiger charge is -2.29. The standard InChI is InChI=1S/C16H22O6S/c1-20-15-8-7-12(10-14(15)16(17)21-2)11-5-4-6-13(9-11)22-23(3,18)19/h7-8,10-11,13H,4-6,9H2,1-3H3. The van der Waals surface area contributed by atoms with Crippen molar-refractivity contribution >= 4 is 16.1 Å². The molecule has 128 valence electrons. The largest absolute Gasteiger partial charge is 0.496 e. The molecular weight excluding hydrogens is 320 g/mol. The van der Waals surface area contributed by atoms with Crippen LogP contribution in [0.1, 0.15) is 47.5 Å². The summed E-state index contributed by atoms with van der Waals surface area (Å²) >= 11 is 0. The number of carbonyl (C=O) groups is 1. The third-order valence-corrected chi connectivity index (χ3v) is 4.66. The molecule has 1 aromatic rings.